The lowest BCUT2D eigenvalue weighted by Crippen LogP contribution is -2.69. The van der Waals surface area contributed by atoms with Gasteiger partial charge in [0.1, 0.15) is 29.8 Å². The van der Waals surface area contributed by atoms with Gasteiger partial charge in [-0.25, -0.2) is 14.4 Å². The molecule has 10 rings (SSSR count). The lowest BCUT2D eigenvalue weighted by molar-refractivity contribution is -0.136. The van der Waals surface area contributed by atoms with Gasteiger partial charge in [-0.15, -0.1) is 0 Å². The number of amides is 5. The highest BCUT2D eigenvalue weighted by Crippen LogP contribution is 2.40. The van der Waals surface area contributed by atoms with Crippen LogP contribution in [0.5, 0.6) is 5.75 Å². The number of carbonyl (C=O) groups is 5. The fraction of sp³-hybridized carbons (Fsp3) is 0.372. The Balaban J connectivity index is 0.745. The fourth-order valence-electron chi connectivity index (χ4n) is 9.25. The molecule has 3 aromatic carbocycles. The molecule has 7 heterocycles. The van der Waals surface area contributed by atoms with Gasteiger partial charge < -0.3 is 20.3 Å². The Kier molecular flexibility index (Phi) is 10.7. The summed E-state index contributed by atoms with van der Waals surface area (Å²) < 4.78 is 19.3. The first-order chi connectivity index (χ1) is 29.0. The number of nitrogens with one attached hydrogen (secondary N) is 3. The van der Waals surface area contributed by atoms with E-state index in [1.54, 1.807) is 30.3 Å². The maximum atomic E-state index is 13.7. The summed E-state index contributed by atoms with van der Waals surface area (Å²) in [5.41, 5.74) is 3.10. The third-order valence-corrected chi connectivity index (χ3v) is 12.5. The van der Waals surface area contributed by atoms with Crippen molar-refractivity contribution < 1.29 is 33.1 Å². The normalized spacial score (nSPS) is 22.3. The minimum atomic E-state index is -0.980. The van der Waals surface area contributed by atoms with Gasteiger partial charge in [-0.1, -0.05) is 17.7 Å². The first-order valence-corrected chi connectivity index (χ1v) is 20.5. The van der Waals surface area contributed by atoms with E-state index in [0.29, 0.717) is 69.5 Å². The number of carbonyl (C=O) groups excluding carboxylic acids is 5. The van der Waals surface area contributed by atoms with Crippen molar-refractivity contribution in [3.05, 3.63) is 89.0 Å². The molecule has 6 aliphatic heterocycles. The molecular weight excluding hydrogens is 793 g/mol. The second-order valence-electron chi connectivity index (χ2n) is 16.0. The van der Waals surface area contributed by atoms with Gasteiger partial charge in [-0.3, -0.25) is 44.0 Å². The van der Waals surface area contributed by atoms with Crippen LogP contribution in [0.25, 0.3) is 10.9 Å². The standard InChI is InChI=1S/C43H43ClFN9O6/c1-60-37-19-34-31(40(47-23-46-34)48-25-4-7-33(45)32(44)15-25)18-35(37)49-38(55)3-2-12-51-13-10-24(11-14-51)20-52-21-27-16-28(22-52)53(27)26-5-6-29-30(17-26)43(59)54(42(29)58)36-8-9-39(56)50-41(36)57/h2-7,15,17-19,23-24,27-28,36H,8-14,16,20-22H2,1H3,(H,49,55)(H,46,47,48)(H,50,56,57)/b3-2+. The van der Waals surface area contributed by atoms with Crippen LogP contribution < -0.4 is 25.6 Å². The van der Waals surface area contributed by atoms with Gasteiger partial charge in [-0.2, -0.15) is 0 Å². The van der Waals surface area contributed by atoms with Gasteiger partial charge in [0.2, 0.25) is 17.7 Å². The number of piperazine rings is 1. The van der Waals surface area contributed by atoms with E-state index in [2.05, 4.69) is 40.6 Å². The van der Waals surface area contributed by atoms with Crippen LogP contribution in [0.4, 0.5) is 27.3 Å². The van der Waals surface area contributed by atoms with Gasteiger partial charge in [-0.05, 0) is 87.2 Å². The number of hydrogen-bond acceptors (Lipinski definition) is 12. The zero-order valence-corrected chi connectivity index (χ0v) is 33.6. The number of likely N-dealkylation sites (tertiary alicyclic amines) is 1. The first kappa shape index (κ1) is 39.5. The Morgan fingerprint density at radius 1 is 0.967 bits per heavy atom. The van der Waals surface area contributed by atoms with E-state index in [4.69, 9.17) is 16.3 Å². The van der Waals surface area contributed by atoms with Crippen molar-refractivity contribution in [2.75, 3.05) is 61.9 Å². The molecule has 5 saturated heterocycles. The lowest BCUT2D eigenvalue weighted by atomic mass is 9.85. The molecule has 2 bridgehead atoms. The Hall–Kier alpha value is -5.97. The van der Waals surface area contributed by atoms with E-state index in [-0.39, 0.29) is 23.8 Å². The summed E-state index contributed by atoms with van der Waals surface area (Å²) in [6.07, 6.45) is 8.24. The molecular formula is C43H43ClFN9O6. The van der Waals surface area contributed by atoms with Crippen LogP contribution in [-0.4, -0.2) is 119 Å². The molecule has 0 saturated carbocycles. The molecule has 17 heteroatoms. The maximum absolute atomic E-state index is 13.7. The lowest BCUT2D eigenvalue weighted by Gasteiger charge is -2.58. The number of fused-ring (bicyclic) bond motifs is 4. The molecule has 5 fully saturated rings. The molecule has 1 aromatic heterocycles. The molecule has 3 N–H and O–H groups in total. The van der Waals surface area contributed by atoms with E-state index >= 15 is 0 Å². The average molecular weight is 836 g/mol. The SMILES string of the molecule is COc1cc2ncnc(Nc3ccc(F)c(Cl)c3)c2cc1NC(=O)/C=C/CN1CCC(CN2CC3CC(C2)N3c2ccc3c(c2)C(=O)N(C2CCC(=O)NC2=O)C3=O)CC1. The summed E-state index contributed by atoms with van der Waals surface area (Å²) in [6, 6.07) is 12.8. The third kappa shape index (κ3) is 7.66. The van der Waals surface area contributed by atoms with E-state index < -0.39 is 35.5 Å². The van der Waals surface area contributed by atoms with Crippen LogP contribution in [0.15, 0.2) is 67.0 Å². The zero-order valence-electron chi connectivity index (χ0n) is 32.8. The van der Waals surface area contributed by atoms with E-state index in [0.717, 1.165) is 62.6 Å². The zero-order chi connectivity index (χ0) is 41.7. The second kappa shape index (κ2) is 16.2. The number of ether oxygens (including phenoxy) is 1. The molecule has 60 heavy (non-hydrogen) atoms. The Labute approximate surface area is 349 Å². The van der Waals surface area contributed by atoms with Crippen molar-refractivity contribution in [1.29, 1.82) is 0 Å². The minimum Gasteiger partial charge on any atom is -0.494 e. The van der Waals surface area contributed by atoms with Crippen LogP contribution >= 0.6 is 11.6 Å². The number of methoxy groups -OCH3 is 1. The summed E-state index contributed by atoms with van der Waals surface area (Å²) in [5, 5.41) is 8.91. The largest absolute Gasteiger partial charge is 0.494 e. The summed E-state index contributed by atoms with van der Waals surface area (Å²) in [4.78, 5) is 80.7. The number of aromatic nitrogens is 2. The van der Waals surface area contributed by atoms with E-state index in [1.165, 1.54) is 31.6 Å². The van der Waals surface area contributed by atoms with Crippen molar-refractivity contribution in [3.8, 4) is 5.75 Å². The summed E-state index contributed by atoms with van der Waals surface area (Å²) in [7, 11) is 1.52. The number of anilines is 4. The van der Waals surface area contributed by atoms with Crippen LogP contribution in [0.2, 0.25) is 5.02 Å². The number of rotatable bonds is 11. The molecule has 0 spiro atoms. The van der Waals surface area contributed by atoms with Gasteiger partial charge in [0.05, 0.1) is 34.5 Å². The number of imide groups is 2. The molecule has 6 aliphatic rings. The number of hydrogen-bond donors (Lipinski definition) is 3. The Morgan fingerprint density at radius 2 is 1.75 bits per heavy atom. The highest BCUT2D eigenvalue weighted by Gasteiger charge is 2.48. The van der Waals surface area contributed by atoms with E-state index in [9.17, 15) is 28.4 Å². The van der Waals surface area contributed by atoms with E-state index in [1.807, 2.05) is 12.1 Å². The van der Waals surface area contributed by atoms with Gasteiger partial charge in [0, 0.05) is 73.6 Å². The summed E-state index contributed by atoms with van der Waals surface area (Å²) in [6.45, 7) is 5.41. The van der Waals surface area contributed by atoms with Crippen LogP contribution in [0.1, 0.15) is 52.8 Å². The number of halogens is 2. The van der Waals surface area contributed by atoms with Gasteiger partial charge in [0.15, 0.2) is 0 Å². The maximum Gasteiger partial charge on any atom is 0.262 e. The van der Waals surface area contributed by atoms with Crippen molar-refractivity contribution in [3.63, 3.8) is 0 Å². The molecule has 0 aliphatic carbocycles. The topological polar surface area (TPSA) is 169 Å². The van der Waals surface area contributed by atoms with Crippen molar-refractivity contribution in [2.45, 2.75) is 50.2 Å². The Morgan fingerprint density at radius 3 is 2.50 bits per heavy atom. The van der Waals surface area contributed by atoms with Gasteiger partial charge >= 0.3 is 0 Å². The predicted octanol–water partition coefficient (Wildman–Crippen LogP) is 4.75. The van der Waals surface area contributed by atoms with Crippen molar-refractivity contribution >= 4 is 74.9 Å². The average Bonchev–Trinajstić information content (AvgIpc) is 3.47. The van der Waals surface area contributed by atoms with Crippen molar-refractivity contribution in [2.24, 2.45) is 5.92 Å². The molecule has 0 radical (unpaired) electrons. The molecule has 3 atom stereocenters. The minimum absolute atomic E-state index is 0.0213. The quantitative estimate of drug-likeness (QED) is 0.140. The summed E-state index contributed by atoms with van der Waals surface area (Å²) >= 11 is 5.97. The molecule has 5 amide bonds. The third-order valence-electron chi connectivity index (χ3n) is 12.2. The fourth-order valence-corrected chi connectivity index (χ4v) is 9.43. The Bertz CT molecular complexity index is 2450. The van der Waals surface area contributed by atoms with Crippen LogP contribution in [0, 0.1) is 11.7 Å². The molecule has 310 valence electrons. The van der Waals surface area contributed by atoms with Gasteiger partial charge in [0.25, 0.3) is 11.8 Å². The molecule has 3 unspecified atom stereocenters. The molecule has 15 nitrogen and oxygen atoms in total. The highest BCUT2D eigenvalue weighted by atomic mass is 35.5. The van der Waals surface area contributed by atoms with Crippen molar-refractivity contribution in [1.82, 2.24) is 30.0 Å². The smallest absolute Gasteiger partial charge is 0.262 e. The summed E-state index contributed by atoms with van der Waals surface area (Å²) in [5.74, 6) is -1.34. The number of benzene rings is 3. The van der Waals surface area contributed by atoms with Crippen LogP contribution in [-0.2, 0) is 14.4 Å². The number of nitrogens with zero attached hydrogens (tertiary/aromatic N) is 6. The monoisotopic (exact) mass is 835 g/mol. The number of piperidine rings is 3. The second-order valence-corrected chi connectivity index (χ2v) is 16.4. The molecule has 4 aromatic rings. The first-order valence-electron chi connectivity index (χ1n) is 20.1. The van der Waals surface area contributed by atoms with Crippen LogP contribution in [0.3, 0.4) is 0 Å². The highest BCUT2D eigenvalue weighted by molar-refractivity contribution is 6.31. The predicted molar refractivity (Wildman–Crippen MR) is 222 cm³/mol.